The Morgan fingerprint density at radius 1 is 1.23 bits per heavy atom. The Morgan fingerprint density at radius 2 is 1.96 bits per heavy atom. The van der Waals surface area contributed by atoms with Crippen LogP contribution >= 0.6 is 11.6 Å². The smallest absolute Gasteiger partial charge is 0.295 e. The molecular formula is C17H11ClF2N4O2. The summed E-state index contributed by atoms with van der Waals surface area (Å²) in [4.78, 5) is 12.1. The van der Waals surface area contributed by atoms with Crippen molar-refractivity contribution in [3.63, 3.8) is 0 Å². The summed E-state index contributed by atoms with van der Waals surface area (Å²) in [6.45, 7) is 0. The van der Waals surface area contributed by atoms with E-state index in [0.717, 1.165) is 12.3 Å². The van der Waals surface area contributed by atoms with E-state index in [2.05, 4.69) is 15.6 Å². The molecule has 6 nitrogen and oxygen atoms in total. The van der Waals surface area contributed by atoms with Gasteiger partial charge in [-0.2, -0.15) is 10.2 Å². The van der Waals surface area contributed by atoms with Crippen LogP contribution < -0.4 is 5.43 Å². The monoisotopic (exact) mass is 376 g/mol. The standard InChI is InChI=1S/C17H11ClF2N4O2/c18-11-2-5-13(6-3-11)24-9-15(25)16(23-24)17(26)22-21-8-10-1-4-12(19)7-14(10)20/h1-9,25H,(H,22,26)/b21-8-. The van der Waals surface area contributed by atoms with Gasteiger partial charge in [-0.1, -0.05) is 11.6 Å². The number of hydrogen-bond acceptors (Lipinski definition) is 4. The van der Waals surface area contributed by atoms with Crippen LogP contribution in [0.3, 0.4) is 0 Å². The van der Waals surface area contributed by atoms with E-state index in [1.54, 1.807) is 24.3 Å². The number of aromatic nitrogens is 2. The molecular weight excluding hydrogens is 366 g/mol. The summed E-state index contributed by atoms with van der Waals surface area (Å²) in [6, 6.07) is 9.52. The minimum absolute atomic E-state index is 0.0115. The third-order valence-electron chi connectivity index (χ3n) is 3.33. The van der Waals surface area contributed by atoms with Gasteiger partial charge in [0.15, 0.2) is 11.4 Å². The van der Waals surface area contributed by atoms with E-state index in [1.165, 1.54) is 16.9 Å². The van der Waals surface area contributed by atoms with Gasteiger partial charge in [0, 0.05) is 16.7 Å². The third kappa shape index (κ3) is 3.86. The SMILES string of the molecule is O=C(N/N=C\c1ccc(F)cc1F)c1nn(-c2ccc(Cl)cc2)cc1O. The lowest BCUT2D eigenvalue weighted by atomic mass is 10.2. The molecule has 0 bridgehead atoms. The summed E-state index contributed by atoms with van der Waals surface area (Å²) in [5.74, 6) is -2.70. The van der Waals surface area contributed by atoms with Gasteiger partial charge in [-0.3, -0.25) is 4.79 Å². The van der Waals surface area contributed by atoms with Gasteiger partial charge in [-0.05, 0) is 36.4 Å². The molecule has 0 aliphatic rings. The number of aromatic hydroxyl groups is 1. The molecule has 0 saturated heterocycles. The van der Waals surface area contributed by atoms with Crippen molar-refractivity contribution in [2.75, 3.05) is 0 Å². The summed E-state index contributed by atoms with van der Waals surface area (Å²) in [5.41, 5.74) is 2.42. The number of nitrogens with one attached hydrogen (secondary N) is 1. The number of benzene rings is 2. The first kappa shape index (κ1) is 17.6. The van der Waals surface area contributed by atoms with E-state index in [4.69, 9.17) is 11.6 Å². The molecule has 2 N–H and O–H groups in total. The fourth-order valence-electron chi connectivity index (χ4n) is 2.07. The van der Waals surface area contributed by atoms with Crippen LogP contribution in [-0.4, -0.2) is 27.0 Å². The van der Waals surface area contributed by atoms with Crippen molar-refractivity contribution in [3.8, 4) is 11.4 Å². The summed E-state index contributed by atoms with van der Waals surface area (Å²) in [7, 11) is 0. The van der Waals surface area contributed by atoms with Crippen molar-refractivity contribution in [3.05, 3.63) is 76.6 Å². The fraction of sp³-hybridized carbons (Fsp3) is 0. The molecule has 3 aromatic rings. The number of halogens is 3. The van der Waals surface area contributed by atoms with E-state index < -0.39 is 17.5 Å². The molecule has 0 unspecified atom stereocenters. The Bertz CT molecular complexity index is 987. The van der Waals surface area contributed by atoms with E-state index in [9.17, 15) is 18.7 Å². The highest BCUT2D eigenvalue weighted by molar-refractivity contribution is 6.30. The molecule has 0 saturated carbocycles. The predicted molar refractivity (Wildman–Crippen MR) is 91.7 cm³/mol. The highest BCUT2D eigenvalue weighted by Crippen LogP contribution is 2.19. The van der Waals surface area contributed by atoms with Crippen LogP contribution in [0.1, 0.15) is 16.1 Å². The summed E-state index contributed by atoms with van der Waals surface area (Å²) in [5, 5.41) is 18.0. The summed E-state index contributed by atoms with van der Waals surface area (Å²) < 4.78 is 27.6. The van der Waals surface area contributed by atoms with Crippen molar-refractivity contribution in [2.45, 2.75) is 0 Å². The van der Waals surface area contributed by atoms with Crippen LogP contribution in [0.15, 0.2) is 53.8 Å². The second kappa shape index (κ2) is 7.32. The van der Waals surface area contributed by atoms with Gasteiger partial charge < -0.3 is 5.11 Å². The van der Waals surface area contributed by atoms with Gasteiger partial charge in [0.1, 0.15) is 11.6 Å². The molecule has 0 aliphatic carbocycles. The lowest BCUT2D eigenvalue weighted by Crippen LogP contribution is -2.18. The number of carbonyl (C=O) groups is 1. The largest absolute Gasteiger partial charge is 0.504 e. The molecule has 0 fully saturated rings. The fourth-order valence-corrected chi connectivity index (χ4v) is 2.20. The molecule has 3 rings (SSSR count). The first-order chi connectivity index (χ1) is 12.4. The van der Waals surface area contributed by atoms with Gasteiger partial charge in [0.05, 0.1) is 18.1 Å². The van der Waals surface area contributed by atoms with Crippen molar-refractivity contribution in [2.24, 2.45) is 5.10 Å². The zero-order valence-corrected chi connectivity index (χ0v) is 13.8. The number of nitrogens with zero attached hydrogens (tertiary/aromatic N) is 3. The molecule has 1 aromatic heterocycles. The van der Waals surface area contributed by atoms with Crippen LogP contribution in [0.5, 0.6) is 5.75 Å². The summed E-state index contributed by atoms with van der Waals surface area (Å²) in [6.07, 6.45) is 2.27. The Balaban J connectivity index is 1.74. The molecule has 132 valence electrons. The average molecular weight is 377 g/mol. The van der Waals surface area contributed by atoms with Crippen molar-refractivity contribution in [1.82, 2.24) is 15.2 Å². The van der Waals surface area contributed by atoms with Crippen molar-refractivity contribution in [1.29, 1.82) is 0 Å². The van der Waals surface area contributed by atoms with Crippen LogP contribution in [-0.2, 0) is 0 Å². The second-order valence-electron chi connectivity index (χ2n) is 5.15. The minimum Gasteiger partial charge on any atom is -0.504 e. The third-order valence-corrected chi connectivity index (χ3v) is 3.59. The lowest BCUT2D eigenvalue weighted by molar-refractivity contribution is 0.0947. The Hall–Kier alpha value is -3.26. The molecule has 9 heteroatoms. The normalized spacial score (nSPS) is 11.0. The van der Waals surface area contributed by atoms with Crippen LogP contribution in [0.4, 0.5) is 8.78 Å². The van der Waals surface area contributed by atoms with E-state index in [0.29, 0.717) is 16.8 Å². The number of hydrogen-bond donors (Lipinski definition) is 2. The molecule has 1 amide bonds. The predicted octanol–water partition coefficient (Wildman–Crippen LogP) is 3.27. The molecule has 2 aromatic carbocycles. The Labute approximate surface area is 151 Å². The van der Waals surface area contributed by atoms with Crippen LogP contribution in [0, 0.1) is 11.6 Å². The molecule has 0 radical (unpaired) electrons. The van der Waals surface area contributed by atoms with E-state index >= 15 is 0 Å². The number of rotatable bonds is 4. The van der Waals surface area contributed by atoms with E-state index in [-0.39, 0.29) is 17.0 Å². The topological polar surface area (TPSA) is 79.5 Å². The first-order valence-electron chi connectivity index (χ1n) is 7.27. The molecule has 0 aliphatic heterocycles. The van der Waals surface area contributed by atoms with Gasteiger partial charge in [-0.15, -0.1) is 0 Å². The van der Waals surface area contributed by atoms with Crippen LogP contribution in [0.25, 0.3) is 5.69 Å². The Morgan fingerprint density at radius 3 is 2.65 bits per heavy atom. The van der Waals surface area contributed by atoms with Crippen LogP contribution in [0.2, 0.25) is 5.02 Å². The van der Waals surface area contributed by atoms with E-state index in [1.807, 2.05) is 0 Å². The maximum absolute atomic E-state index is 13.5. The first-order valence-corrected chi connectivity index (χ1v) is 7.65. The zero-order chi connectivity index (χ0) is 18.7. The molecule has 1 heterocycles. The number of carbonyl (C=O) groups excluding carboxylic acids is 1. The zero-order valence-electron chi connectivity index (χ0n) is 13.0. The maximum Gasteiger partial charge on any atom is 0.295 e. The maximum atomic E-state index is 13.5. The number of hydrazone groups is 1. The van der Waals surface area contributed by atoms with Gasteiger partial charge in [-0.25, -0.2) is 18.9 Å². The molecule has 0 spiro atoms. The van der Waals surface area contributed by atoms with Gasteiger partial charge in [0.25, 0.3) is 5.91 Å². The lowest BCUT2D eigenvalue weighted by Gasteiger charge is -2.00. The van der Waals surface area contributed by atoms with Gasteiger partial charge in [0.2, 0.25) is 0 Å². The van der Waals surface area contributed by atoms with Crippen molar-refractivity contribution >= 4 is 23.7 Å². The molecule has 0 atom stereocenters. The second-order valence-corrected chi connectivity index (χ2v) is 5.59. The highest BCUT2D eigenvalue weighted by atomic mass is 35.5. The molecule has 26 heavy (non-hydrogen) atoms. The quantitative estimate of drug-likeness (QED) is 0.541. The average Bonchev–Trinajstić information content (AvgIpc) is 2.99. The Kier molecular flexibility index (Phi) is 4.94. The van der Waals surface area contributed by atoms with Gasteiger partial charge >= 0.3 is 0 Å². The summed E-state index contributed by atoms with van der Waals surface area (Å²) >= 11 is 5.81. The highest BCUT2D eigenvalue weighted by Gasteiger charge is 2.16. The number of amides is 1. The van der Waals surface area contributed by atoms with Crippen molar-refractivity contribution < 1.29 is 18.7 Å². The minimum atomic E-state index is -0.821.